The van der Waals surface area contributed by atoms with E-state index in [9.17, 15) is 5.11 Å². The molecule has 0 aliphatic carbocycles. The summed E-state index contributed by atoms with van der Waals surface area (Å²) in [5.41, 5.74) is 3.25. The van der Waals surface area contributed by atoms with E-state index in [1.54, 1.807) is 0 Å². The van der Waals surface area contributed by atoms with Crippen LogP contribution in [0.2, 0.25) is 0 Å². The molecule has 0 saturated carbocycles. The first-order chi connectivity index (χ1) is 7.66. The second kappa shape index (κ2) is 4.85. The maximum Gasteiger partial charge on any atom is 0.121 e. The highest BCUT2D eigenvalue weighted by molar-refractivity contribution is 5.42. The number of hydrogen-bond donors (Lipinski definition) is 2. The number of nitrogens with one attached hydrogen (secondary N) is 1. The molecule has 0 unspecified atom stereocenters. The van der Waals surface area contributed by atoms with Gasteiger partial charge in [0.1, 0.15) is 5.75 Å². The van der Waals surface area contributed by atoms with Crippen LogP contribution in [0.1, 0.15) is 16.7 Å². The number of rotatable bonds is 2. The Morgan fingerprint density at radius 1 is 1.19 bits per heavy atom. The lowest BCUT2D eigenvalue weighted by molar-refractivity contribution is 0.233. The van der Waals surface area contributed by atoms with Crippen LogP contribution < -0.4 is 5.32 Å². The van der Waals surface area contributed by atoms with E-state index < -0.39 is 0 Å². The van der Waals surface area contributed by atoms with Crippen molar-refractivity contribution in [3.05, 3.63) is 28.8 Å². The zero-order chi connectivity index (χ0) is 11.5. The maximum atomic E-state index is 9.71. The van der Waals surface area contributed by atoms with Gasteiger partial charge in [-0.1, -0.05) is 12.1 Å². The minimum atomic E-state index is 0.434. The van der Waals surface area contributed by atoms with Crippen LogP contribution >= 0.6 is 0 Å². The summed E-state index contributed by atoms with van der Waals surface area (Å²) in [4.78, 5) is 2.45. The zero-order valence-corrected chi connectivity index (χ0v) is 10.1. The highest BCUT2D eigenvalue weighted by Crippen LogP contribution is 2.23. The standard InChI is InChI=1S/C13H20N2O/c1-10-7-12(8-11(2)13(10)16)9-15-5-3-14-4-6-15/h7-8,14,16H,3-6,9H2,1-2H3. The third-order valence-corrected chi connectivity index (χ3v) is 3.17. The fourth-order valence-electron chi connectivity index (χ4n) is 2.26. The first kappa shape index (κ1) is 11.4. The SMILES string of the molecule is Cc1cc(CN2CCNCC2)cc(C)c1O. The van der Waals surface area contributed by atoms with E-state index in [-0.39, 0.29) is 0 Å². The molecule has 0 aromatic heterocycles. The lowest BCUT2D eigenvalue weighted by Gasteiger charge is -2.27. The largest absolute Gasteiger partial charge is 0.507 e. The number of aryl methyl sites for hydroxylation is 2. The average molecular weight is 220 g/mol. The van der Waals surface area contributed by atoms with Crippen LogP contribution in [-0.2, 0) is 6.54 Å². The Hall–Kier alpha value is -1.06. The number of phenolic OH excluding ortho intramolecular Hbond substituents is 1. The van der Waals surface area contributed by atoms with Crippen molar-refractivity contribution in [3.8, 4) is 5.75 Å². The van der Waals surface area contributed by atoms with Crippen molar-refractivity contribution < 1.29 is 5.11 Å². The summed E-state index contributed by atoms with van der Waals surface area (Å²) in [6, 6.07) is 4.18. The van der Waals surface area contributed by atoms with Crippen molar-refractivity contribution in [1.82, 2.24) is 10.2 Å². The van der Waals surface area contributed by atoms with Gasteiger partial charge in [0.25, 0.3) is 0 Å². The van der Waals surface area contributed by atoms with Gasteiger partial charge in [-0.2, -0.15) is 0 Å². The second-order valence-electron chi connectivity index (χ2n) is 4.60. The highest BCUT2D eigenvalue weighted by atomic mass is 16.3. The van der Waals surface area contributed by atoms with Crippen LogP contribution in [0.15, 0.2) is 12.1 Å². The molecule has 0 amide bonds. The third kappa shape index (κ3) is 2.54. The Morgan fingerprint density at radius 2 is 1.75 bits per heavy atom. The minimum absolute atomic E-state index is 0.434. The van der Waals surface area contributed by atoms with Crippen LogP contribution in [0.4, 0.5) is 0 Å². The van der Waals surface area contributed by atoms with E-state index in [0.717, 1.165) is 43.9 Å². The van der Waals surface area contributed by atoms with E-state index >= 15 is 0 Å². The van der Waals surface area contributed by atoms with E-state index in [1.165, 1.54) is 5.56 Å². The number of aromatic hydroxyl groups is 1. The molecule has 2 rings (SSSR count). The molecule has 1 aromatic rings. The zero-order valence-electron chi connectivity index (χ0n) is 10.1. The Bertz CT molecular complexity index is 347. The summed E-state index contributed by atoms with van der Waals surface area (Å²) in [6.07, 6.45) is 0. The topological polar surface area (TPSA) is 35.5 Å². The van der Waals surface area contributed by atoms with E-state index in [1.807, 2.05) is 13.8 Å². The first-order valence-corrected chi connectivity index (χ1v) is 5.89. The van der Waals surface area contributed by atoms with Crippen molar-refractivity contribution in [2.24, 2.45) is 0 Å². The van der Waals surface area contributed by atoms with Crippen molar-refractivity contribution >= 4 is 0 Å². The van der Waals surface area contributed by atoms with Crippen molar-refractivity contribution in [2.75, 3.05) is 26.2 Å². The fraction of sp³-hybridized carbons (Fsp3) is 0.538. The molecule has 1 aromatic carbocycles. The molecule has 1 heterocycles. The van der Waals surface area contributed by atoms with Gasteiger partial charge < -0.3 is 10.4 Å². The quantitative estimate of drug-likeness (QED) is 0.791. The summed E-state index contributed by atoms with van der Waals surface area (Å²) in [7, 11) is 0. The summed E-state index contributed by atoms with van der Waals surface area (Å²) < 4.78 is 0. The van der Waals surface area contributed by atoms with Gasteiger partial charge in [0.05, 0.1) is 0 Å². The molecule has 0 spiro atoms. The molecule has 1 fully saturated rings. The van der Waals surface area contributed by atoms with Crippen LogP contribution in [0.5, 0.6) is 5.75 Å². The Morgan fingerprint density at radius 3 is 2.31 bits per heavy atom. The number of phenols is 1. The number of hydrogen-bond acceptors (Lipinski definition) is 3. The molecule has 1 aliphatic heterocycles. The molecular formula is C13H20N2O. The third-order valence-electron chi connectivity index (χ3n) is 3.17. The lowest BCUT2D eigenvalue weighted by atomic mass is 10.1. The smallest absolute Gasteiger partial charge is 0.121 e. The average Bonchev–Trinajstić information content (AvgIpc) is 2.27. The molecule has 3 nitrogen and oxygen atoms in total. The Labute approximate surface area is 97.1 Å². The molecule has 16 heavy (non-hydrogen) atoms. The van der Waals surface area contributed by atoms with Crippen LogP contribution in [0.3, 0.4) is 0 Å². The fourth-order valence-corrected chi connectivity index (χ4v) is 2.26. The van der Waals surface area contributed by atoms with Crippen LogP contribution in [0, 0.1) is 13.8 Å². The Balaban J connectivity index is 2.09. The van der Waals surface area contributed by atoms with Gasteiger partial charge in [-0.3, -0.25) is 4.90 Å². The van der Waals surface area contributed by atoms with Gasteiger partial charge in [0.15, 0.2) is 0 Å². The van der Waals surface area contributed by atoms with Crippen molar-refractivity contribution in [1.29, 1.82) is 0 Å². The van der Waals surface area contributed by atoms with E-state index in [0.29, 0.717) is 5.75 Å². The Kier molecular flexibility index (Phi) is 3.46. The van der Waals surface area contributed by atoms with Gasteiger partial charge in [0, 0.05) is 32.7 Å². The first-order valence-electron chi connectivity index (χ1n) is 5.89. The molecule has 1 saturated heterocycles. The molecule has 2 N–H and O–H groups in total. The highest BCUT2D eigenvalue weighted by Gasteiger charge is 2.11. The monoisotopic (exact) mass is 220 g/mol. The molecule has 0 radical (unpaired) electrons. The molecule has 88 valence electrons. The predicted molar refractivity (Wildman–Crippen MR) is 65.7 cm³/mol. The van der Waals surface area contributed by atoms with Gasteiger partial charge in [0.2, 0.25) is 0 Å². The van der Waals surface area contributed by atoms with E-state index in [4.69, 9.17) is 0 Å². The van der Waals surface area contributed by atoms with Crippen LogP contribution in [-0.4, -0.2) is 36.2 Å². The summed E-state index contributed by atoms with van der Waals surface area (Å²) >= 11 is 0. The summed E-state index contributed by atoms with van der Waals surface area (Å²) in [5, 5.41) is 13.1. The van der Waals surface area contributed by atoms with Gasteiger partial charge in [-0.25, -0.2) is 0 Å². The number of benzene rings is 1. The lowest BCUT2D eigenvalue weighted by Crippen LogP contribution is -2.42. The summed E-state index contributed by atoms with van der Waals surface area (Å²) in [5.74, 6) is 0.434. The van der Waals surface area contributed by atoms with Gasteiger partial charge in [-0.05, 0) is 30.5 Å². The van der Waals surface area contributed by atoms with Crippen molar-refractivity contribution in [3.63, 3.8) is 0 Å². The maximum absolute atomic E-state index is 9.71. The van der Waals surface area contributed by atoms with Crippen LogP contribution in [0.25, 0.3) is 0 Å². The number of nitrogens with zero attached hydrogens (tertiary/aromatic N) is 1. The predicted octanol–water partition coefficient (Wildman–Crippen LogP) is 1.41. The second-order valence-corrected chi connectivity index (χ2v) is 4.60. The normalized spacial score (nSPS) is 17.6. The van der Waals surface area contributed by atoms with Gasteiger partial charge in [-0.15, -0.1) is 0 Å². The molecule has 3 heteroatoms. The van der Waals surface area contributed by atoms with E-state index in [2.05, 4.69) is 22.3 Å². The van der Waals surface area contributed by atoms with Crippen molar-refractivity contribution in [2.45, 2.75) is 20.4 Å². The molecule has 0 atom stereocenters. The number of piperazine rings is 1. The minimum Gasteiger partial charge on any atom is -0.507 e. The molecule has 0 bridgehead atoms. The molecule has 1 aliphatic rings. The van der Waals surface area contributed by atoms with Gasteiger partial charge >= 0.3 is 0 Å². The molecular weight excluding hydrogens is 200 g/mol. The summed E-state index contributed by atoms with van der Waals surface area (Å²) in [6.45, 7) is 9.29.